The second-order valence-electron chi connectivity index (χ2n) is 4.61. The lowest BCUT2D eigenvalue weighted by Gasteiger charge is -2.15. The predicted octanol–water partition coefficient (Wildman–Crippen LogP) is 4.52. The van der Waals surface area contributed by atoms with Crippen LogP contribution >= 0.6 is 11.6 Å². The molecule has 0 radical (unpaired) electrons. The maximum Gasteiger partial charge on any atom is 0.420 e. The quantitative estimate of drug-likeness (QED) is 0.297. The van der Waals surface area contributed by atoms with E-state index >= 15 is 0 Å². The first-order valence-corrected chi connectivity index (χ1v) is 7.76. The van der Waals surface area contributed by atoms with Gasteiger partial charge in [-0.3, -0.25) is 0 Å². The van der Waals surface area contributed by atoms with Crippen molar-refractivity contribution in [3.05, 3.63) is 52.5 Å². The number of nitriles is 1. The number of carbonyl (C=O) groups is 1. The van der Waals surface area contributed by atoms with Crippen LogP contribution in [0, 0.1) is 11.3 Å². The molecule has 1 aromatic rings. The molecule has 140 valence electrons. The average Bonchev–Trinajstić information content (AvgIpc) is 2.55. The summed E-state index contributed by atoms with van der Waals surface area (Å²) in [6.07, 6.45) is -3.57. The molecule has 5 nitrogen and oxygen atoms in total. The fraction of sp³-hybridized carbons (Fsp3) is 0.294. The standard InChI is InChI=1S/C17H15ClF3NO4/c1-3-24-6-5-14(17(19,20)21)15(16(23)25-4-2)26-13-8-11(10-22)7-12(18)9-13/h5-9H,3-4H2,1-2H3/b6-5+,15-14+. The smallest absolute Gasteiger partial charge is 0.420 e. The minimum atomic E-state index is -4.92. The molecule has 1 rings (SSSR count). The summed E-state index contributed by atoms with van der Waals surface area (Å²) in [7, 11) is 0. The molecule has 0 saturated heterocycles. The van der Waals surface area contributed by atoms with E-state index in [9.17, 15) is 18.0 Å². The summed E-state index contributed by atoms with van der Waals surface area (Å²) in [5, 5.41) is 8.98. The number of alkyl halides is 3. The van der Waals surface area contributed by atoms with E-state index < -0.39 is 23.5 Å². The first-order chi connectivity index (χ1) is 12.2. The Hall–Kier alpha value is -2.66. The van der Waals surface area contributed by atoms with Crippen LogP contribution in [0.3, 0.4) is 0 Å². The average molecular weight is 390 g/mol. The molecule has 0 fully saturated rings. The largest absolute Gasteiger partial charge is 0.501 e. The molecule has 0 N–H and O–H groups in total. The van der Waals surface area contributed by atoms with Crippen molar-refractivity contribution in [2.45, 2.75) is 20.0 Å². The molecule has 0 heterocycles. The lowest BCUT2D eigenvalue weighted by atomic mass is 10.2. The highest BCUT2D eigenvalue weighted by Gasteiger charge is 2.39. The Morgan fingerprint density at radius 1 is 1.27 bits per heavy atom. The van der Waals surface area contributed by atoms with Crippen molar-refractivity contribution >= 4 is 17.6 Å². The normalized spacial score (nSPS) is 12.3. The van der Waals surface area contributed by atoms with Gasteiger partial charge < -0.3 is 14.2 Å². The molecule has 1 aromatic carbocycles. The molecule has 0 aromatic heterocycles. The van der Waals surface area contributed by atoms with Gasteiger partial charge in [0, 0.05) is 5.02 Å². The van der Waals surface area contributed by atoms with Gasteiger partial charge in [0.05, 0.1) is 31.1 Å². The van der Waals surface area contributed by atoms with Crippen molar-refractivity contribution in [2.75, 3.05) is 13.2 Å². The minimum Gasteiger partial charge on any atom is -0.501 e. The number of esters is 1. The number of carbonyl (C=O) groups excluding carboxylic acids is 1. The highest BCUT2D eigenvalue weighted by molar-refractivity contribution is 6.30. The zero-order chi connectivity index (χ0) is 19.7. The summed E-state index contributed by atoms with van der Waals surface area (Å²) in [6, 6.07) is 5.39. The van der Waals surface area contributed by atoms with Gasteiger partial charge in [0.1, 0.15) is 11.3 Å². The molecule has 0 saturated carbocycles. The fourth-order valence-corrected chi connectivity index (χ4v) is 1.94. The van der Waals surface area contributed by atoms with E-state index in [-0.39, 0.29) is 29.5 Å². The van der Waals surface area contributed by atoms with Crippen LogP contribution in [0.5, 0.6) is 5.75 Å². The second-order valence-corrected chi connectivity index (χ2v) is 5.05. The van der Waals surface area contributed by atoms with Crippen LogP contribution in [0.4, 0.5) is 13.2 Å². The maximum absolute atomic E-state index is 13.4. The highest BCUT2D eigenvalue weighted by Crippen LogP contribution is 2.32. The van der Waals surface area contributed by atoms with E-state index in [4.69, 9.17) is 26.3 Å². The highest BCUT2D eigenvalue weighted by atomic mass is 35.5. The second kappa shape index (κ2) is 9.73. The van der Waals surface area contributed by atoms with Crippen LogP contribution in [0.2, 0.25) is 5.02 Å². The summed E-state index contributed by atoms with van der Waals surface area (Å²) in [6.45, 7) is 2.99. The number of halogens is 4. The first-order valence-electron chi connectivity index (χ1n) is 7.38. The number of ether oxygens (including phenoxy) is 3. The predicted molar refractivity (Wildman–Crippen MR) is 87.3 cm³/mol. The number of nitrogens with zero attached hydrogens (tertiary/aromatic N) is 1. The number of benzene rings is 1. The SMILES string of the molecule is CCO/C=C/C(=C(\Oc1cc(Cl)cc(C#N)c1)C(=O)OCC)C(F)(F)F. The van der Waals surface area contributed by atoms with Crippen LogP contribution in [-0.4, -0.2) is 25.4 Å². The van der Waals surface area contributed by atoms with E-state index in [1.165, 1.54) is 19.1 Å². The minimum absolute atomic E-state index is 0.0501. The lowest BCUT2D eigenvalue weighted by molar-refractivity contribution is -0.142. The van der Waals surface area contributed by atoms with E-state index in [0.717, 1.165) is 12.3 Å². The Morgan fingerprint density at radius 3 is 2.50 bits per heavy atom. The van der Waals surface area contributed by atoms with Crippen molar-refractivity contribution < 1.29 is 32.2 Å². The molecule has 0 spiro atoms. The first kappa shape index (κ1) is 21.4. The van der Waals surface area contributed by atoms with Crippen molar-refractivity contribution in [3.63, 3.8) is 0 Å². The third-order valence-electron chi connectivity index (χ3n) is 2.73. The molecular formula is C17H15ClF3NO4. The van der Waals surface area contributed by atoms with Gasteiger partial charge >= 0.3 is 12.1 Å². The molecular weight excluding hydrogens is 375 g/mol. The van der Waals surface area contributed by atoms with Crippen LogP contribution in [-0.2, 0) is 14.3 Å². The Kier molecular flexibility index (Phi) is 8.00. The van der Waals surface area contributed by atoms with Gasteiger partial charge in [-0.05, 0) is 38.1 Å². The summed E-state index contributed by atoms with van der Waals surface area (Å²) < 4.78 is 54.7. The van der Waals surface area contributed by atoms with Crippen LogP contribution in [0.25, 0.3) is 0 Å². The number of rotatable bonds is 7. The summed E-state index contributed by atoms with van der Waals surface area (Å²) in [5.74, 6) is -2.63. The van der Waals surface area contributed by atoms with E-state index in [2.05, 4.69) is 4.74 Å². The van der Waals surface area contributed by atoms with Gasteiger partial charge in [0.15, 0.2) is 0 Å². The molecule has 0 aliphatic rings. The fourth-order valence-electron chi connectivity index (χ4n) is 1.72. The Morgan fingerprint density at radius 2 is 1.96 bits per heavy atom. The molecule has 0 atom stereocenters. The zero-order valence-corrected chi connectivity index (χ0v) is 14.6. The van der Waals surface area contributed by atoms with Crippen LogP contribution in [0.15, 0.2) is 41.9 Å². The summed E-state index contributed by atoms with van der Waals surface area (Å²) in [4.78, 5) is 12.0. The van der Waals surface area contributed by atoms with E-state index in [1.807, 2.05) is 0 Å². The number of allylic oxidation sites excluding steroid dienone is 2. The van der Waals surface area contributed by atoms with E-state index in [1.54, 1.807) is 13.0 Å². The van der Waals surface area contributed by atoms with E-state index in [0.29, 0.717) is 6.08 Å². The van der Waals surface area contributed by atoms with Gasteiger partial charge in [0.25, 0.3) is 0 Å². The van der Waals surface area contributed by atoms with Gasteiger partial charge in [-0.1, -0.05) is 11.6 Å². The zero-order valence-electron chi connectivity index (χ0n) is 13.9. The van der Waals surface area contributed by atoms with Gasteiger partial charge in [-0.2, -0.15) is 18.4 Å². The Labute approximate surface area is 153 Å². The molecule has 0 aliphatic carbocycles. The molecule has 26 heavy (non-hydrogen) atoms. The van der Waals surface area contributed by atoms with Gasteiger partial charge in [-0.25, -0.2) is 4.79 Å². The van der Waals surface area contributed by atoms with Crippen molar-refractivity contribution in [1.82, 2.24) is 0 Å². The molecule has 0 amide bonds. The molecule has 0 unspecified atom stereocenters. The lowest BCUT2D eigenvalue weighted by Crippen LogP contribution is -2.22. The monoisotopic (exact) mass is 389 g/mol. The third kappa shape index (κ3) is 6.33. The number of hydrogen-bond acceptors (Lipinski definition) is 5. The van der Waals surface area contributed by atoms with Crippen molar-refractivity contribution in [2.24, 2.45) is 0 Å². The maximum atomic E-state index is 13.4. The number of hydrogen-bond donors (Lipinski definition) is 0. The molecule has 0 aliphatic heterocycles. The van der Waals surface area contributed by atoms with Gasteiger partial charge in [0.2, 0.25) is 5.76 Å². The molecule has 0 bridgehead atoms. The Balaban J connectivity index is 3.48. The van der Waals surface area contributed by atoms with Crippen molar-refractivity contribution in [1.29, 1.82) is 5.26 Å². The Bertz CT molecular complexity index is 751. The summed E-state index contributed by atoms with van der Waals surface area (Å²) in [5.41, 5.74) is -1.35. The third-order valence-corrected chi connectivity index (χ3v) is 2.95. The van der Waals surface area contributed by atoms with Gasteiger partial charge in [-0.15, -0.1) is 0 Å². The topological polar surface area (TPSA) is 68.5 Å². The summed E-state index contributed by atoms with van der Waals surface area (Å²) >= 11 is 5.81. The van der Waals surface area contributed by atoms with Crippen LogP contribution < -0.4 is 4.74 Å². The van der Waals surface area contributed by atoms with Crippen molar-refractivity contribution in [3.8, 4) is 11.8 Å². The molecule has 9 heteroatoms. The van der Waals surface area contributed by atoms with Crippen LogP contribution in [0.1, 0.15) is 19.4 Å².